The molecule has 0 aliphatic rings. The predicted octanol–water partition coefficient (Wildman–Crippen LogP) is 4.22. The van der Waals surface area contributed by atoms with Crippen molar-refractivity contribution in [1.82, 2.24) is 10.6 Å². The van der Waals surface area contributed by atoms with Gasteiger partial charge in [0.05, 0.1) is 20.3 Å². The first-order chi connectivity index (χ1) is 14.1. The van der Waals surface area contributed by atoms with Crippen LogP contribution in [0, 0.1) is 0 Å². The zero-order valence-corrected chi connectivity index (χ0v) is 18.4. The summed E-state index contributed by atoms with van der Waals surface area (Å²) in [6.07, 6.45) is -0.531. The number of carbonyl (C=O) groups is 2. The van der Waals surface area contributed by atoms with E-state index in [1.807, 2.05) is 25.1 Å². The van der Waals surface area contributed by atoms with Gasteiger partial charge in [-0.05, 0) is 57.0 Å². The number of carbonyl (C=O) groups excluding carboxylic acids is 2. The summed E-state index contributed by atoms with van der Waals surface area (Å²) in [6.45, 7) is 7.46. The van der Waals surface area contributed by atoms with Crippen molar-refractivity contribution in [2.24, 2.45) is 0 Å². The molecular formula is C23H30N2O5. The van der Waals surface area contributed by atoms with Crippen LogP contribution in [0.5, 0.6) is 11.5 Å². The van der Waals surface area contributed by atoms with Gasteiger partial charge in [-0.3, -0.25) is 4.79 Å². The van der Waals surface area contributed by atoms with Crippen LogP contribution >= 0.6 is 0 Å². The molecule has 30 heavy (non-hydrogen) atoms. The van der Waals surface area contributed by atoms with Crippen molar-refractivity contribution in [3.8, 4) is 11.5 Å². The van der Waals surface area contributed by atoms with E-state index in [0.29, 0.717) is 22.6 Å². The molecule has 0 saturated heterocycles. The summed E-state index contributed by atoms with van der Waals surface area (Å²) in [5, 5.41) is 5.68. The Balaban J connectivity index is 2.09. The molecule has 0 aliphatic carbocycles. The maximum absolute atomic E-state index is 12.9. The molecule has 0 aliphatic heterocycles. The van der Waals surface area contributed by atoms with Crippen LogP contribution in [0.15, 0.2) is 42.5 Å². The van der Waals surface area contributed by atoms with Crippen LogP contribution in [0.3, 0.4) is 0 Å². The Hall–Kier alpha value is -3.22. The van der Waals surface area contributed by atoms with Gasteiger partial charge in [-0.2, -0.15) is 0 Å². The minimum absolute atomic E-state index is 0.184. The predicted molar refractivity (Wildman–Crippen MR) is 115 cm³/mol. The van der Waals surface area contributed by atoms with Crippen LogP contribution in [-0.2, 0) is 11.3 Å². The molecular weight excluding hydrogens is 384 g/mol. The Morgan fingerprint density at radius 1 is 1.00 bits per heavy atom. The number of amides is 2. The highest BCUT2D eigenvalue weighted by atomic mass is 16.6. The number of alkyl carbamates (subject to hydrolysis) is 1. The van der Waals surface area contributed by atoms with Crippen LogP contribution < -0.4 is 20.1 Å². The molecule has 162 valence electrons. The molecule has 2 rings (SSSR count). The lowest BCUT2D eigenvalue weighted by atomic mass is 10.0. The molecule has 0 saturated carbocycles. The van der Waals surface area contributed by atoms with Gasteiger partial charge in [0.15, 0.2) is 11.5 Å². The first-order valence-electron chi connectivity index (χ1n) is 9.72. The van der Waals surface area contributed by atoms with Gasteiger partial charge in [0.1, 0.15) is 5.60 Å². The standard InChI is InChI=1S/C23H30N2O5/c1-15(16-11-12-19(28-5)20(13-16)29-6)25-21(26)18-10-8-7-9-17(18)14-24-22(27)30-23(2,3)4/h7-13,15H,14H2,1-6H3,(H,24,27)(H,25,26)/t15-/m1/s1. The fourth-order valence-electron chi connectivity index (χ4n) is 2.86. The molecule has 2 aromatic rings. The van der Waals surface area contributed by atoms with E-state index >= 15 is 0 Å². The summed E-state index contributed by atoms with van der Waals surface area (Å²) in [6, 6.07) is 12.4. The number of rotatable bonds is 7. The minimum atomic E-state index is -0.587. The quantitative estimate of drug-likeness (QED) is 0.708. The van der Waals surface area contributed by atoms with Gasteiger partial charge in [0.25, 0.3) is 5.91 Å². The van der Waals surface area contributed by atoms with Gasteiger partial charge in [-0.25, -0.2) is 4.79 Å². The van der Waals surface area contributed by atoms with Crippen molar-refractivity contribution in [1.29, 1.82) is 0 Å². The van der Waals surface area contributed by atoms with Crippen LogP contribution in [0.25, 0.3) is 0 Å². The Bertz CT molecular complexity index is 889. The SMILES string of the molecule is COc1ccc([C@@H](C)NC(=O)c2ccccc2CNC(=O)OC(C)(C)C)cc1OC. The van der Waals surface area contributed by atoms with Gasteiger partial charge in [-0.1, -0.05) is 24.3 Å². The molecule has 0 fully saturated rings. The summed E-state index contributed by atoms with van der Waals surface area (Å²) in [4.78, 5) is 24.8. The van der Waals surface area contributed by atoms with E-state index in [1.54, 1.807) is 59.3 Å². The van der Waals surface area contributed by atoms with E-state index in [4.69, 9.17) is 14.2 Å². The zero-order chi connectivity index (χ0) is 22.3. The summed E-state index contributed by atoms with van der Waals surface area (Å²) in [5.41, 5.74) is 1.47. The van der Waals surface area contributed by atoms with E-state index in [0.717, 1.165) is 5.56 Å². The van der Waals surface area contributed by atoms with Gasteiger partial charge in [-0.15, -0.1) is 0 Å². The summed E-state index contributed by atoms with van der Waals surface area (Å²) < 4.78 is 15.8. The van der Waals surface area contributed by atoms with Crippen LogP contribution in [0.4, 0.5) is 4.79 Å². The molecule has 0 spiro atoms. The molecule has 0 bridgehead atoms. The number of hydrogen-bond acceptors (Lipinski definition) is 5. The lowest BCUT2D eigenvalue weighted by Crippen LogP contribution is -2.33. The van der Waals surface area contributed by atoms with Crippen molar-refractivity contribution >= 4 is 12.0 Å². The number of methoxy groups -OCH3 is 2. The Labute approximate surface area is 177 Å². The van der Waals surface area contributed by atoms with Crippen molar-refractivity contribution in [2.75, 3.05) is 14.2 Å². The fourth-order valence-corrected chi connectivity index (χ4v) is 2.86. The second-order valence-corrected chi connectivity index (χ2v) is 7.82. The largest absolute Gasteiger partial charge is 0.493 e. The Kier molecular flexibility index (Phi) is 7.69. The van der Waals surface area contributed by atoms with E-state index in [9.17, 15) is 9.59 Å². The highest BCUT2D eigenvalue weighted by Crippen LogP contribution is 2.30. The van der Waals surface area contributed by atoms with E-state index in [2.05, 4.69) is 10.6 Å². The number of ether oxygens (including phenoxy) is 3. The molecule has 0 radical (unpaired) electrons. The van der Waals surface area contributed by atoms with Gasteiger partial charge < -0.3 is 24.8 Å². The monoisotopic (exact) mass is 414 g/mol. The van der Waals surface area contributed by atoms with Crippen LogP contribution in [-0.4, -0.2) is 31.8 Å². The minimum Gasteiger partial charge on any atom is -0.493 e. The second-order valence-electron chi connectivity index (χ2n) is 7.82. The fraction of sp³-hybridized carbons (Fsp3) is 0.391. The molecule has 0 unspecified atom stereocenters. The first-order valence-corrected chi connectivity index (χ1v) is 9.72. The summed E-state index contributed by atoms with van der Waals surface area (Å²) in [5.74, 6) is 0.982. The van der Waals surface area contributed by atoms with Crippen molar-refractivity contribution < 1.29 is 23.8 Å². The number of hydrogen-bond donors (Lipinski definition) is 2. The first kappa shape index (κ1) is 23.1. The van der Waals surface area contributed by atoms with Crippen molar-refractivity contribution in [2.45, 2.75) is 45.9 Å². The van der Waals surface area contributed by atoms with E-state index in [-0.39, 0.29) is 18.5 Å². The summed E-state index contributed by atoms with van der Waals surface area (Å²) in [7, 11) is 3.14. The maximum Gasteiger partial charge on any atom is 0.407 e. The lowest BCUT2D eigenvalue weighted by molar-refractivity contribution is 0.0522. The smallest absolute Gasteiger partial charge is 0.407 e. The maximum atomic E-state index is 12.9. The topological polar surface area (TPSA) is 85.9 Å². The second kappa shape index (κ2) is 10.0. The molecule has 1 atom stereocenters. The van der Waals surface area contributed by atoms with Crippen LogP contribution in [0.1, 0.15) is 55.2 Å². The molecule has 2 N–H and O–H groups in total. The summed E-state index contributed by atoms with van der Waals surface area (Å²) >= 11 is 0. The third-order valence-corrected chi connectivity index (χ3v) is 4.34. The Morgan fingerprint density at radius 2 is 1.67 bits per heavy atom. The zero-order valence-electron chi connectivity index (χ0n) is 18.4. The molecule has 2 amide bonds. The third kappa shape index (κ3) is 6.40. The normalized spacial score (nSPS) is 11.9. The molecule has 7 heteroatoms. The van der Waals surface area contributed by atoms with E-state index < -0.39 is 11.7 Å². The van der Waals surface area contributed by atoms with Crippen molar-refractivity contribution in [3.05, 3.63) is 59.2 Å². The highest BCUT2D eigenvalue weighted by molar-refractivity contribution is 5.96. The molecule has 2 aromatic carbocycles. The average Bonchev–Trinajstić information content (AvgIpc) is 2.70. The van der Waals surface area contributed by atoms with Gasteiger partial charge in [0.2, 0.25) is 0 Å². The number of benzene rings is 2. The lowest BCUT2D eigenvalue weighted by Gasteiger charge is -2.20. The highest BCUT2D eigenvalue weighted by Gasteiger charge is 2.18. The van der Waals surface area contributed by atoms with Gasteiger partial charge in [0, 0.05) is 12.1 Å². The molecule has 0 heterocycles. The third-order valence-electron chi connectivity index (χ3n) is 4.34. The van der Waals surface area contributed by atoms with E-state index in [1.165, 1.54) is 0 Å². The van der Waals surface area contributed by atoms with Gasteiger partial charge >= 0.3 is 6.09 Å². The average molecular weight is 415 g/mol. The van der Waals surface area contributed by atoms with Crippen LogP contribution in [0.2, 0.25) is 0 Å². The Morgan fingerprint density at radius 3 is 2.30 bits per heavy atom. The molecule has 7 nitrogen and oxygen atoms in total. The molecule has 0 aromatic heterocycles. The number of nitrogens with one attached hydrogen (secondary N) is 2. The van der Waals surface area contributed by atoms with Crippen molar-refractivity contribution in [3.63, 3.8) is 0 Å².